The van der Waals surface area contributed by atoms with E-state index in [1.165, 1.54) is 30.3 Å². The number of esters is 1. The Morgan fingerprint density at radius 2 is 1.88 bits per heavy atom. The van der Waals surface area contributed by atoms with Gasteiger partial charge in [0.05, 0.1) is 5.02 Å². The number of halogens is 3. The Morgan fingerprint density at radius 3 is 2.58 bits per heavy atom. The van der Waals surface area contributed by atoms with Gasteiger partial charge in [-0.1, -0.05) is 17.7 Å². The topological polar surface area (TPSA) is 64.6 Å². The SMILES string of the molecule is O=C(COC(=O)COc1cccc(F)c1)Nc1ccc(F)c(Cl)c1. The Bertz CT molecular complexity index is 755. The third-order valence-electron chi connectivity index (χ3n) is 2.72. The molecule has 1 N–H and O–H groups in total. The maximum absolute atomic E-state index is 13.0. The molecule has 5 nitrogen and oxygen atoms in total. The molecule has 0 spiro atoms. The van der Waals surface area contributed by atoms with E-state index < -0.39 is 36.7 Å². The van der Waals surface area contributed by atoms with Crippen LogP contribution in [0.1, 0.15) is 0 Å². The second-order valence-electron chi connectivity index (χ2n) is 4.58. The molecule has 0 bridgehead atoms. The van der Waals surface area contributed by atoms with Crippen LogP contribution < -0.4 is 10.1 Å². The van der Waals surface area contributed by atoms with Crippen molar-refractivity contribution in [3.63, 3.8) is 0 Å². The van der Waals surface area contributed by atoms with E-state index in [2.05, 4.69) is 5.32 Å². The monoisotopic (exact) mass is 355 g/mol. The average molecular weight is 356 g/mol. The van der Waals surface area contributed by atoms with Crippen molar-refractivity contribution < 1.29 is 27.8 Å². The van der Waals surface area contributed by atoms with Gasteiger partial charge in [0, 0.05) is 11.8 Å². The molecule has 0 aliphatic heterocycles. The Hall–Kier alpha value is -2.67. The third kappa shape index (κ3) is 5.51. The van der Waals surface area contributed by atoms with Gasteiger partial charge in [-0.3, -0.25) is 4.79 Å². The number of benzene rings is 2. The van der Waals surface area contributed by atoms with Gasteiger partial charge in [0.1, 0.15) is 17.4 Å². The van der Waals surface area contributed by atoms with Crippen LogP contribution in [-0.2, 0) is 14.3 Å². The molecular weight excluding hydrogens is 344 g/mol. The smallest absolute Gasteiger partial charge is 0.344 e. The van der Waals surface area contributed by atoms with E-state index in [4.69, 9.17) is 21.1 Å². The number of nitrogens with one attached hydrogen (secondary N) is 1. The van der Waals surface area contributed by atoms with Crippen LogP contribution in [0, 0.1) is 11.6 Å². The number of amides is 1. The normalized spacial score (nSPS) is 10.1. The highest BCUT2D eigenvalue weighted by atomic mass is 35.5. The molecule has 0 heterocycles. The summed E-state index contributed by atoms with van der Waals surface area (Å²) in [5, 5.41) is 2.24. The van der Waals surface area contributed by atoms with Crippen LogP contribution in [0.5, 0.6) is 5.75 Å². The molecule has 0 aliphatic rings. The zero-order valence-corrected chi connectivity index (χ0v) is 13.0. The van der Waals surface area contributed by atoms with Crippen LogP contribution in [0.15, 0.2) is 42.5 Å². The number of hydrogen-bond acceptors (Lipinski definition) is 4. The first-order valence-electron chi connectivity index (χ1n) is 6.73. The van der Waals surface area contributed by atoms with Crippen LogP contribution in [-0.4, -0.2) is 25.1 Å². The molecule has 0 fully saturated rings. The van der Waals surface area contributed by atoms with E-state index in [9.17, 15) is 18.4 Å². The quantitative estimate of drug-likeness (QED) is 0.808. The minimum atomic E-state index is -0.799. The molecule has 2 aromatic carbocycles. The molecule has 126 valence electrons. The van der Waals surface area contributed by atoms with E-state index >= 15 is 0 Å². The lowest BCUT2D eigenvalue weighted by atomic mass is 10.3. The van der Waals surface area contributed by atoms with E-state index in [1.54, 1.807) is 0 Å². The summed E-state index contributed by atoms with van der Waals surface area (Å²) in [5.41, 5.74) is 0.262. The average Bonchev–Trinajstić information content (AvgIpc) is 2.54. The first-order valence-corrected chi connectivity index (χ1v) is 7.11. The molecule has 0 radical (unpaired) electrons. The number of anilines is 1. The predicted molar refractivity (Wildman–Crippen MR) is 82.9 cm³/mol. The predicted octanol–water partition coefficient (Wildman–Crippen LogP) is 3.18. The van der Waals surface area contributed by atoms with Crippen molar-refractivity contribution in [2.75, 3.05) is 18.5 Å². The lowest BCUT2D eigenvalue weighted by Gasteiger charge is -2.08. The van der Waals surface area contributed by atoms with Crippen molar-refractivity contribution in [1.29, 1.82) is 0 Å². The first kappa shape index (κ1) is 17.7. The van der Waals surface area contributed by atoms with Gasteiger partial charge < -0.3 is 14.8 Å². The Morgan fingerprint density at radius 1 is 1.08 bits per heavy atom. The van der Waals surface area contributed by atoms with Crippen molar-refractivity contribution in [3.8, 4) is 5.75 Å². The van der Waals surface area contributed by atoms with Gasteiger partial charge in [-0.15, -0.1) is 0 Å². The van der Waals surface area contributed by atoms with Gasteiger partial charge in [0.15, 0.2) is 13.2 Å². The molecule has 2 rings (SSSR count). The van der Waals surface area contributed by atoms with E-state index in [0.29, 0.717) is 0 Å². The third-order valence-corrected chi connectivity index (χ3v) is 3.01. The van der Waals surface area contributed by atoms with Gasteiger partial charge >= 0.3 is 5.97 Å². The second kappa shape index (κ2) is 8.26. The summed E-state index contributed by atoms with van der Waals surface area (Å²) < 4.78 is 35.6. The summed E-state index contributed by atoms with van der Waals surface area (Å²) >= 11 is 5.58. The van der Waals surface area contributed by atoms with Crippen LogP contribution in [0.4, 0.5) is 14.5 Å². The summed E-state index contributed by atoms with van der Waals surface area (Å²) in [5.74, 6) is -2.38. The molecule has 0 atom stereocenters. The van der Waals surface area contributed by atoms with Crippen molar-refractivity contribution in [2.45, 2.75) is 0 Å². The van der Waals surface area contributed by atoms with E-state index in [1.807, 2.05) is 0 Å². The fourth-order valence-corrected chi connectivity index (χ4v) is 1.84. The molecular formula is C16H12ClF2NO4. The molecule has 0 aliphatic carbocycles. The summed E-state index contributed by atoms with van der Waals surface area (Å²) in [6.45, 7) is -1.03. The Kier molecular flexibility index (Phi) is 6.08. The van der Waals surface area contributed by atoms with Crippen molar-refractivity contribution >= 4 is 29.2 Å². The largest absolute Gasteiger partial charge is 0.482 e. The highest BCUT2D eigenvalue weighted by Crippen LogP contribution is 2.19. The molecule has 0 aromatic heterocycles. The van der Waals surface area contributed by atoms with Crippen LogP contribution in [0.25, 0.3) is 0 Å². The highest BCUT2D eigenvalue weighted by Gasteiger charge is 2.10. The first-order chi connectivity index (χ1) is 11.4. The number of hydrogen-bond donors (Lipinski definition) is 1. The lowest BCUT2D eigenvalue weighted by Crippen LogP contribution is -2.23. The highest BCUT2D eigenvalue weighted by molar-refractivity contribution is 6.31. The zero-order valence-electron chi connectivity index (χ0n) is 12.2. The van der Waals surface area contributed by atoms with Crippen molar-refractivity contribution in [1.82, 2.24) is 0 Å². The molecule has 8 heteroatoms. The maximum atomic E-state index is 13.0. The number of carbonyl (C=O) groups is 2. The number of ether oxygens (including phenoxy) is 2. The molecule has 0 unspecified atom stereocenters. The molecule has 2 aromatic rings. The lowest BCUT2D eigenvalue weighted by molar-refractivity contribution is -0.149. The number of rotatable bonds is 6. The molecule has 0 saturated heterocycles. The number of carbonyl (C=O) groups excluding carboxylic acids is 2. The van der Waals surface area contributed by atoms with Gasteiger partial charge in [0.2, 0.25) is 0 Å². The Balaban J connectivity index is 1.74. The standard InChI is InChI=1S/C16H12ClF2NO4/c17-13-7-11(4-5-14(13)19)20-15(21)8-24-16(22)9-23-12-3-1-2-10(18)6-12/h1-7H,8-9H2,(H,20,21). The maximum Gasteiger partial charge on any atom is 0.344 e. The second-order valence-corrected chi connectivity index (χ2v) is 4.99. The van der Waals surface area contributed by atoms with Crippen molar-refractivity contribution in [3.05, 3.63) is 59.1 Å². The van der Waals surface area contributed by atoms with Crippen LogP contribution in [0.3, 0.4) is 0 Å². The van der Waals surface area contributed by atoms with Gasteiger partial charge in [-0.05, 0) is 30.3 Å². The molecule has 1 amide bonds. The van der Waals surface area contributed by atoms with Crippen LogP contribution in [0.2, 0.25) is 5.02 Å². The minimum absolute atomic E-state index is 0.145. The summed E-state index contributed by atoms with van der Waals surface area (Å²) in [6, 6.07) is 8.88. The summed E-state index contributed by atoms with van der Waals surface area (Å²) in [7, 11) is 0. The minimum Gasteiger partial charge on any atom is -0.482 e. The molecule has 24 heavy (non-hydrogen) atoms. The van der Waals surface area contributed by atoms with E-state index in [-0.39, 0.29) is 16.5 Å². The van der Waals surface area contributed by atoms with E-state index in [0.717, 1.165) is 12.1 Å². The Labute approximate surface area is 141 Å². The van der Waals surface area contributed by atoms with Gasteiger partial charge in [0.25, 0.3) is 5.91 Å². The fraction of sp³-hybridized carbons (Fsp3) is 0.125. The fourth-order valence-electron chi connectivity index (χ4n) is 1.66. The molecule has 0 saturated carbocycles. The van der Waals surface area contributed by atoms with Gasteiger partial charge in [-0.25, -0.2) is 13.6 Å². The van der Waals surface area contributed by atoms with Crippen molar-refractivity contribution in [2.24, 2.45) is 0 Å². The summed E-state index contributed by atoms with van der Waals surface area (Å²) in [6.07, 6.45) is 0. The van der Waals surface area contributed by atoms with Crippen LogP contribution >= 0.6 is 11.6 Å². The zero-order chi connectivity index (χ0) is 17.5. The summed E-state index contributed by atoms with van der Waals surface area (Å²) in [4.78, 5) is 23.1. The van der Waals surface area contributed by atoms with Gasteiger partial charge in [-0.2, -0.15) is 0 Å².